The third-order valence-corrected chi connectivity index (χ3v) is 6.61. The van der Waals surface area contributed by atoms with Crippen molar-refractivity contribution in [3.05, 3.63) is 23.5 Å². The van der Waals surface area contributed by atoms with Crippen molar-refractivity contribution in [2.45, 2.75) is 50.5 Å². The van der Waals surface area contributed by atoms with Crippen molar-refractivity contribution in [3.63, 3.8) is 0 Å². The summed E-state index contributed by atoms with van der Waals surface area (Å²) in [6.07, 6.45) is 7.18. The third-order valence-electron chi connectivity index (χ3n) is 6.61. The third kappa shape index (κ3) is 2.67. The molecule has 3 fully saturated rings. The van der Waals surface area contributed by atoms with Gasteiger partial charge in [-0.3, -0.25) is 4.79 Å². The van der Waals surface area contributed by atoms with E-state index in [0.29, 0.717) is 28.4 Å². The molecule has 2 saturated carbocycles. The van der Waals surface area contributed by atoms with E-state index in [4.69, 9.17) is 4.98 Å². The predicted molar refractivity (Wildman–Crippen MR) is 99.3 cm³/mol. The highest BCUT2D eigenvalue weighted by Crippen LogP contribution is 2.52. The van der Waals surface area contributed by atoms with Crippen LogP contribution >= 0.6 is 0 Å². The maximum absolute atomic E-state index is 12.8. The Morgan fingerprint density at radius 3 is 2.88 bits per heavy atom. The number of nitrogens with zero attached hydrogens (tertiary/aromatic N) is 1. The number of aromatic hydroxyl groups is 1. The summed E-state index contributed by atoms with van der Waals surface area (Å²) >= 11 is 0. The second-order valence-corrected chi connectivity index (χ2v) is 8.28. The Balaban J connectivity index is 1.46. The standard InChI is InChI=1S/C20H26N4O2/c25-16-6-5-14(20(26)22-13-2-1-7-21-10-13)17-18(16)24-19(23-17)15-9-11-3-4-12(15)8-11/h5-6,11-13,15,21,25H,1-4,7-10H2,(H,22,26)(H,23,24). The van der Waals surface area contributed by atoms with E-state index >= 15 is 0 Å². The molecule has 1 aromatic heterocycles. The Morgan fingerprint density at radius 2 is 2.15 bits per heavy atom. The van der Waals surface area contributed by atoms with Gasteiger partial charge in [0, 0.05) is 18.5 Å². The number of carbonyl (C=O) groups excluding carboxylic acids is 1. The van der Waals surface area contributed by atoms with E-state index in [-0.39, 0.29) is 17.7 Å². The van der Waals surface area contributed by atoms with Gasteiger partial charge in [-0.05, 0) is 62.6 Å². The Hall–Kier alpha value is -2.08. The van der Waals surface area contributed by atoms with Crippen LogP contribution in [0.1, 0.15) is 60.6 Å². The van der Waals surface area contributed by atoms with E-state index in [9.17, 15) is 9.90 Å². The molecule has 26 heavy (non-hydrogen) atoms. The van der Waals surface area contributed by atoms with E-state index < -0.39 is 0 Å². The molecule has 4 N–H and O–H groups in total. The fraction of sp³-hybridized carbons (Fsp3) is 0.600. The van der Waals surface area contributed by atoms with Crippen LogP contribution in [0.15, 0.2) is 12.1 Å². The number of aromatic amines is 1. The number of fused-ring (bicyclic) bond motifs is 3. The van der Waals surface area contributed by atoms with Gasteiger partial charge < -0.3 is 20.7 Å². The number of H-pyrrole nitrogens is 1. The zero-order valence-corrected chi connectivity index (χ0v) is 14.9. The average Bonchev–Trinajstić information content (AvgIpc) is 3.38. The minimum atomic E-state index is -0.102. The summed E-state index contributed by atoms with van der Waals surface area (Å²) in [7, 11) is 0. The fourth-order valence-electron chi connectivity index (χ4n) is 5.27. The molecule has 1 aliphatic heterocycles. The molecule has 0 radical (unpaired) electrons. The van der Waals surface area contributed by atoms with Crippen LogP contribution < -0.4 is 10.6 Å². The average molecular weight is 354 g/mol. The Morgan fingerprint density at radius 1 is 1.23 bits per heavy atom. The molecular formula is C20H26N4O2. The Bertz CT molecular complexity index is 840. The van der Waals surface area contributed by atoms with Crippen molar-refractivity contribution in [1.82, 2.24) is 20.6 Å². The van der Waals surface area contributed by atoms with Crippen LogP contribution in [0.2, 0.25) is 0 Å². The van der Waals surface area contributed by atoms with Crippen LogP contribution in [-0.2, 0) is 0 Å². The number of carbonyl (C=O) groups is 1. The lowest BCUT2D eigenvalue weighted by Gasteiger charge is -2.23. The van der Waals surface area contributed by atoms with E-state index in [0.717, 1.165) is 37.7 Å². The summed E-state index contributed by atoms with van der Waals surface area (Å²) in [5.74, 6) is 2.98. The molecule has 6 nitrogen and oxygen atoms in total. The summed E-state index contributed by atoms with van der Waals surface area (Å²) in [6.45, 7) is 1.83. The highest BCUT2D eigenvalue weighted by molar-refractivity contribution is 6.06. The quantitative estimate of drug-likeness (QED) is 0.682. The number of imidazole rings is 1. The van der Waals surface area contributed by atoms with Crippen LogP contribution in [0.4, 0.5) is 0 Å². The van der Waals surface area contributed by atoms with Crippen molar-refractivity contribution >= 4 is 16.9 Å². The summed E-state index contributed by atoms with van der Waals surface area (Å²) in [5, 5.41) is 16.7. The van der Waals surface area contributed by atoms with Crippen LogP contribution in [0.3, 0.4) is 0 Å². The minimum Gasteiger partial charge on any atom is -0.506 e. The van der Waals surface area contributed by atoms with Crippen LogP contribution in [0.5, 0.6) is 5.75 Å². The van der Waals surface area contributed by atoms with Crippen LogP contribution in [-0.4, -0.2) is 40.1 Å². The van der Waals surface area contributed by atoms with Gasteiger partial charge in [-0.15, -0.1) is 0 Å². The molecule has 1 aromatic carbocycles. The van der Waals surface area contributed by atoms with Gasteiger partial charge in [0.1, 0.15) is 22.6 Å². The van der Waals surface area contributed by atoms with Gasteiger partial charge in [-0.2, -0.15) is 0 Å². The largest absolute Gasteiger partial charge is 0.506 e. The van der Waals surface area contributed by atoms with Gasteiger partial charge in [0.2, 0.25) is 0 Å². The number of amides is 1. The number of aromatic nitrogens is 2. The molecule has 5 rings (SSSR count). The number of nitrogens with one attached hydrogen (secondary N) is 3. The topological polar surface area (TPSA) is 90.0 Å². The molecule has 2 aliphatic carbocycles. The summed E-state index contributed by atoms with van der Waals surface area (Å²) in [5.41, 5.74) is 1.75. The van der Waals surface area contributed by atoms with E-state index in [1.54, 1.807) is 12.1 Å². The van der Waals surface area contributed by atoms with Gasteiger partial charge >= 0.3 is 0 Å². The normalized spacial score (nSPS) is 30.8. The molecule has 1 saturated heterocycles. The first-order valence-electron chi connectivity index (χ1n) is 9.92. The van der Waals surface area contributed by atoms with E-state index in [1.807, 2.05) is 0 Å². The summed E-state index contributed by atoms with van der Waals surface area (Å²) < 4.78 is 0. The molecule has 6 heteroatoms. The molecule has 2 heterocycles. The van der Waals surface area contributed by atoms with Crippen molar-refractivity contribution in [2.24, 2.45) is 11.8 Å². The number of hydrogen-bond acceptors (Lipinski definition) is 4. The Kier molecular flexibility index (Phi) is 3.89. The fourth-order valence-corrected chi connectivity index (χ4v) is 5.27. The Labute approximate surface area is 152 Å². The molecule has 1 amide bonds. The van der Waals surface area contributed by atoms with Crippen molar-refractivity contribution < 1.29 is 9.90 Å². The van der Waals surface area contributed by atoms with Crippen LogP contribution in [0.25, 0.3) is 11.0 Å². The molecular weight excluding hydrogens is 328 g/mol. The maximum Gasteiger partial charge on any atom is 0.253 e. The molecule has 138 valence electrons. The SMILES string of the molecule is O=C(NC1CCCNC1)c1ccc(O)c2[nH]c(C3CC4CCC3C4)nc12. The molecule has 4 atom stereocenters. The number of piperidine rings is 1. The van der Waals surface area contributed by atoms with Gasteiger partial charge in [0.25, 0.3) is 5.91 Å². The number of hydrogen-bond donors (Lipinski definition) is 4. The first-order chi connectivity index (χ1) is 12.7. The number of phenolic OH excluding ortho intramolecular Hbond substituents is 1. The molecule has 4 unspecified atom stereocenters. The van der Waals surface area contributed by atoms with Gasteiger partial charge in [0.15, 0.2) is 0 Å². The maximum atomic E-state index is 12.8. The summed E-state index contributed by atoms with van der Waals surface area (Å²) in [4.78, 5) is 21.0. The second kappa shape index (κ2) is 6.27. The predicted octanol–water partition coefficient (Wildman–Crippen LogP) is 2.65. The highest BCUT2D eigenvalue weighted by Gasteiger charge is 2.41. The minimum absolute atomic E-state index is 0.102. The van der Waals surface area contributed by atoms with Crippen molar-refractivity contribution in [3.8, 4) is 5.75 Å². The van der Waals surface area contributed by atoms with Gasteiger partial charge in [-0.1, -0.05) is 6.42 Å². The molecule has 0 spiro atoms. The van der Waals surface area contributed by atoms with Crippen molar-refractivity contribution in [2.75, 3.05) is 13.1 Å². The lowest BCUT2D eigenvalue weighted by atomic mass is 9.88. The molecule has 3 aliphatic rings. The first kappa shape index (κ1) is 16.1. The summed E-state index contributed by atoms with van der Waals surface area (Å²) in [6, 6.07) is 3.44. The smallest absolute Gasteiger partial charge is 0.253 e. The molecule has 2 bridgehead atoms. The monoisotopic (exact) mass is 354 g/mol. The van der Waals surface area contributed by atoms with E-state index in [2.05, 4.69) is 15.6 Å². The number of benzene rings is 1. The second-order valence-electron chi connectivity index (χ2n) is 8.28. The van der Waals surface area contributed by atoms with Gasteiger partial charge in [-0.25, -0.2) is 4.98 Å². The zero-order chi connectivity index (χ0) is 17.7. The molecule has 2 aromatic rings. The zero-order valence-electron chi connectivity index (χ0n) is 14.9. The lowest BCUT2D eigenvalue weighted by molar-refractivity contribution is 0.0932. The number of phenols is 1. The number of rotatable bonds is 3. The lowest BCUT2D eigenvalue weighted by Crippen LogP contribution is -2.45. The van der Waals surface area contributed by atoms with Crippen LogP contribution in [0, 0.1) is 11.8 Å². The first-order valence-corrected chi connectivity index (χ1v) is 9.92. The highest BCUT2D eigenvalue weighted by atomic mass is 16.3. The van der Waals surface area contributed by atoms with E-state index in [1.165, 1.54) is 25.7 Å². The van der Waals surface area contributed by atoms with Gasteiger partial charge in [0.05, 0.1) is 5.56 Å². The van der Waals surface area contributed by atoms with Crippen molar-refractivity contribution in [1.29, 1.82) is 0 Å².